The molecule has 4 N–H and O–H groups in total. The van der Waals surface area contributed by atoms with Gasteiger partial charge in [-0.25, -0.2) is 32.0 Å². The van der Waals surface area contributed by atoms with Crippen LogP contribution < -0.4 is 16.4 Å². The zero-order chi connectivity index (χ0) is 23.7. The molecule has 0 saturated carbocycles. The monoisotopic (exact) mass is 461 g/mol. The zero-order valence-electron chi connectivity index (χ0n) is 17.5. The van der Waals surface area contributed by atoms with Crippen molar-refractivity contribution in [2.45, 2.75) is 23.5 Å². The van der Waals surface area contributed by atoms with Crippen LogP contribution in [0.25, 0.3) is 11.4 Å². The number of nitrogens with one attached hydrogen (secondary N) is 2. The molecule has 0 atom stereocenters. The first kappa shape index (κ1) is 23.1. The second-order valence-corrected chi connectivity index (χ2v) is 9.90. The summed E-state index contributed by atoms with van der Waals surface area (Å²) in [5.74, 6) is -1.84. The highest BCUT2D eigenvalue weighted by Gasteiger charge is 2.40. The third-order valence-electron chi connectivity index (χ3n) is 4.81. The fraction of sp³-hybridized carbons (Fsp3) is 0.190. The number of nitrogens with zero attached hydrogens (tertiary/aromatic N) is 2. The van der Waals surface area contributed by atoms with Crippen LogP contribution in [0.15, 0.2) is 53.4 Å². The summed E-state index contributed by atoms with van der Waals surface area (Å²) in [6, 6.07) is 9.52. The first-order valence-corrected chi connectivity index (χ1v) is 10.9. The summed E-state index contributed by atoms with van der Waals surface area (Å²) >= 11 is 0. The van der Waals surface area contributed by atoms with Crippen molar-refractivity contribution in [1.29, 1.82) is 0 Å². The maximum absolute atomic E-state index is 13.7. The number of nitrogens with two attached hydrogens (primary N) is 1. The van der Waals surface area contributed by atoms with Gasteiger partial charge >= 0.3 is 6.03 Å². The number of amides is 2. The summed E-state index contributed by atoms with van der Waals surface area (Å²) in [5.41, 5.74) is 7.00. The molecule has 3 rings (SSSR count). The number of carbonyl (C=O) groups is 1. The molecule has 0 aliphatic carbocycles. The van der Waals surface area contributed by atoms with Gasteiger partial charge in [0.05, 0.1) is 10.6 Å². The van der Waals surface area contributed by atoms with Crippen LogP contribution in [-0.4, -0.2) is 31.5 Å². The molecule has 0 aliphatic heterocycles. The number of urea groups is 1. The van der Waals surface area contributed by atoms with Gasteiger partial charge in [-0.3, -0.25) is 0 Å². The Hall–Kier alpha value is -3.60. The molecule has 1 aromatic heterocycles. The molecule has 0 radical (unpaired) electrons. The van der Waals surface area contributed by atoms with Crippen molar-refractivity contribution in [1.82, 2.24) is 15.3 Å². The van der Waals surface area contributed by atoms with Gasteiger partial charge in [-0.1, -0.05) is 0 Å². The van der Waals surface area contributed by atoms with Crippen LogP contribution in [0.3, 0.4) is 0 Å². The molecule has 32 heavy (non-hydrogen) atoms. The van der Waals surface area contributed by atoms with Gasteiger partial charge in [-0.2, -0.15) is 0 Å². The number of aromatic nitrogens is 2. The van der Waals surface area contributed by atoms with Gasteiger partial charge in [0.25, 0.3) is 0 Å². The smallest absolute Gasteiger partial charge is 0.318 e. The number of benzene rings is 2. The molecule has 3 aromatic rings. The van der Waals surface area contributed by atoms with E-state index in [0.717, 1.165) is 12.1 Å². The van der Waals surface area contributed by atoms with Gasteiger partial charge in [0.1, 0.15) is 22.2 Å². The fourth-order valence-electron chi connectivity index (χ4n) is 2.92. The first-order chi connectivity index (χ1) is 14.9. The lowest BCUT2D eigenvalue weighted by molar-refractivity contribution is 0.254. The van der Waals surface area contributed by atoms with Crippen molar-refractivity contribution in [2.24, 2.45) is 0 Å². The van der Waals surface area contributed by atoms with Crippen LogP contribution in [0.1, 0.15) is 19.5 Å². The molecule has 0 spiro atoms. The van der Waals surface area contributed by atoms with Crippen LogP contribution in [0.5, 0.6) is 0 Å². The van der Waals surface area contributed by atoms with E-state index in [4.69, 9.17) is 5.73 Å². The number of rotatable bonds is 5. The molecule has 11 heteroatoms. The van der Waals surface area contributed by atoms with E-state index in [0.29, 0.717) is 17.3 Å². The summed E-state index contributed by atoms with van der Waals surface area (Å²) in [7, 11) is -2.77. The Kier molecular flexibility index (Phi) is 6.13. The Bertz CT molecular complexity index is 1260. The summed E-state index contributed by atoms with van der Waals surface area (Å²) < 4.78 is 52.1. The van der Waals surface area contributed by atoms with E-state index in [9.17, 15) is 22.0 Å². The largest absolute Gasteiger partial charge is 0.384 e. The van der Waals surface area contributed by atoms with Gasteiger partial charge in [-0.05, 0) is 50.2 Å². The third kappa shape index (κ3) is 4.52. The molecule has 2 aromatic carbocycles. The van der Waals surface area contributed by atoms with Crippen LogP contribution in [0, 0.1) is 11.6 Å². The summed E-state index contributed by atoms with van der Waals surface area (Å²) in [6.45, 7) is 2.74. The quantitative estimate of drug-likeness (QED) is 0.534. The number of carbonyl (C=O) groups excluding carboxylic acids is 1. The van der Waals surface area contributed by atoms with E-state index in [2.05, 4.69) is 20.6 Å². The Morgan fingerprint density at radius 3 is 2.16 bits per heavy atom. The summed E-state index contributed by atoms with van der Waals surface area (Å²) in [5, 5.41) is 5.04. The van der Waals surface area contributed by atoms with Crippen molar-refractivity contribution in [3.63, 3.8) is 0 Å². The third-order valence-corrected chi connectivity index (χ3v) is 7.22. The van der Waals surface area contributed by atoms with Crippen molar-refractivity contribution < 1.29 is 22.0 Å². The predicted molar refractivity (Wildman–Crippen MR) is 117 cm³/mol. The number of hydrogen-bond acceptors (Lipinski definition) is 6. The average Bonchev–Trinajstić information content (AvgIpc) is 2.72. The molecule has 0 aliphatic rings. The number of hydrogen-bond donors (Lipinski definition) is 3. The van der Waals surface area contributed by atoms with Gasteiger partial charge in [-0.15, -0.1) is 0 Å². The van der Waals surface area contributed by atoms with E-state index >= 15 is 0 Å². The number of sulfone groups is 1. The van der Waals surface area contributed by atoms with Crippen LogP contribution in [0.4, 0.5) is 25.1 Å². The van der Waals surface area contributed by atoms with Gasteiger partial charge < -0.3 is 16.4 Å². The lowest BCUT2D eigenvalue weighted by Crippen LogP contribution is -2.31. The first-order valence-electron chi connectivity index (χ1n) is 9.39. The standard InChI is InChI=1S/C21H21F2N5O3S/c1-21(2,32(30,31)16-9-13(22)8-14(23)10-16)17-11-18(24)28-19(27-17)12-4-6-15(7-5-12)26-20(29)25-3/h4-11H,1-3H3,(H2,24,27,28)(H2,25,26,29). The number of anilines is 2. The van der Waals surface area contributed by atoms with E-state index in [1.807, 2.05) is 0 Å². The maximum Gasteiger partial charge on any atom is 0.318 e. The lowest BCUT2D eigenvalue weighted by Gasteiger charge is -2.25. The molecule has 0 unspecified atom stereocenters. The predicted octanol–water partition coefficient (Wildman–Crippen LogP) is 3.46. The van der Waals surface area contributed by atoms with Crippen LogP contribution in [-0.2, 0) is 14.6 Å². The molecule has 0 fully saturated rings. The molecular weight excluding hydrogens is 440 g/mol. The van der Waals surface area contributed by atoms with Gasteiger partial charge in [0, 0.05) is 30.4 Å². The van der Waals surface area contributed by atoms with Gasteiger partial charge in [0.2, 0.25) is 0 Å². The van der Waals surface area contributed by atoms with E-state index in [1.54, 1.807) is 24.3 Å². The Balaban J connectivity index is 2.03. The summed E-state index contributed by atoms with van der Waals surface area (Å²) in [6.07, 6.45) is 0. The highest BCUT2D eigenvalue weighted by atomic mass is 32.2. The van der Waals surface area contributed by atoms with Crippen molar-refractivity contribution in [2.75, 3.05) is 18.1 Å². The molecule has 8 nitrogen and oxygen atoms in total. The Morgan fingerprint density at radius 2 is 1.59 bits per heavy atom. The second kappa shape index (κ2) is 8.50. The Labute approximate surface area is 183 Å². The fourth-order valence-corrected chi connectivity index (χ4v) is 4.42. The van der Waals surface area contributed by atoms with E-state index in [1.165, 1.54) is 27.0 Å². The maximum atomic E-state index is 13.7. The van der Waals surface area contributed by atoms with Gasteiger partial charge in [0.15, 0.2) is 15.7 Å². The molecule has 1 heterocycles. The Morgan fingerprint density at radius 1 is 1.00 bits per heavy atom. The lowest BCUT2D eigenvalue weighted by atomic mass is 10.1. The SMILES string of the molecule is CNC(=O)Nc1ccc(-c2nc(N)cc(C(C)(C)S(=O)(=O)c3cc(F)cc(F)c3)n2)cc1. The van der Waals surface area contributed by atoms with Crippen LogP contribution >= 0.6 is 0 Å². The van der Waals surface area contributed by atoms with E-state index in [-0.39, 0.29) is 23.4 Å². The highest BCUT2D eigenvalue weighted by Crippen LogP contribution is 2.36. The van der Waals surface area contributed by atoms with E-state index < -0.39 is 31.1 Å². The second-order valence-electron chi connectivity index (χ2n) is 7.40. The molecule has 2 amide bonds. The normalized spacial score (nSPS) is 11.8. The topological polar surface area (TPSA) is 127 Å². The van der Waals surface area contributed by atoms with Crippen LogP contribution in [0.2, 0.25) is 0 Å². The van der Waals surface area contributed by atoms with Crippen molar-refractivity contribution in [3.05, 3.63) is 65.9 Å². The highest BCUT2D eigenvalue weighted by molar-refractivity contribution is 7.92. The molecule has 0 bridgehead atoms. The number of halogens is 2. The molecule has 0 saturated heterocycles. The van der Waals surface area contributed by atoms with Crippen molar-refractivity contribution >= 4 is 27.4 Å². The minimum absolute atomic E-state index is 0.0197. The van der Waals surface area contributed by atoms with Crippen molar-refractivity contribution in [3.8, 4) is 11.4 Å². The minimum Gasteiger partial charge on any atom is -0.384 e. The number of nitrogen functional groups attached to an aromatic ring is 1. The molecule has 168 valence electrons. The zero-order valence-corrected chi connectivity index (χ0v) is 18.3. The summed E-state index contributed by atoms with van der Waals surface area (Å²) in [4.78, 5) is 19.4. The minimum atomic E-state index is -4.26. The average molecular weight is 461 g/mol. The molecular formula is C21H21F2N5O3S.